The summed E-state index contributed by atoms with van der Waals surface area (Å²) in [5.41, 5.74) is 1.00. The second-order valence-electron chi connectivity index (χ2n) is 7.70. The van der Waals surface area contributed by atoms with Crippen LogP contribution in [-0.2, 0) is 4.79 Å². The number of fused-ring (bicyclic) bond motifs is 1. The summed E-state index contributed by atoms with van der Waals surface area (Å²) >= 11 is 0. The summed E-state index contributed by atoms with van der Waals surface area (Å²) in [7, 11) is 0. The van der Waals surface area contributed by atoms with Crippen molar-refractivity contribution in [3.63, 3.8) is 0 Å². The minimum absolute atomic E-state index is 0.0431. The van der Waals surface area contributed by atoms with Crippen molar-refractivity contribution in [2.75, 3.05) is 19.6 Å². The van der Waals surface area contributed by atoms with Gasteiger partial charge in [0.2, 0.25) is 5.91 Å². The van der Waals surface area contributed by atoms with Crippen LogP contribution >= 0.6 is 0 Å². The van der Waals surface area contributed by atoms with Gasteiger partial charge in [-0.2, -0.15) is 0 Å². The number of carbonyl (C=O) groups is 4. The van der Waals surface area contributed by atoms with Crippen molar-refractivity contribution >= 4 is 23.6 Å². The SMILES string of the molecule is O=C(NC1CCN(C(=O)CCN2C(=O)c3ccccc3C2=O)CC1)c1cccc(F)c1. The fraction of sp³-hybridized carbons (Fsp3) is 0.304. The second-order valence-corrected chi connectivity index (χ2v) is 7.70. The van der Waals surface area contributed by atoms with E-state index in [1.807, 2.05) is 0 Å². The van der Waals surface area contributed by atoms with Gasteiger partial charge in [0.05, 0.1) is 11.1 Å². The fourth-order valence-electron chi connectivity index (χ4n) is 3.98. The Balaban J connectivity index is 1.25. The first kappa shape index (κ1) is 20.7. The Morgan fingerprint density at radius 2 is 1.61 bits per heavy atom. The zero-order valence-electron chi connectivity index (χ0n) is 16.8. The number of amides is 4. The highest BCUT2D eigenvalue weighted by Gasteiger charge is 2.35. The molecule has 0 atom stereocenters. The van der Waals surface area contributed by atoms with Gasteiger partial charge in [-0.15, -0.1) is 0 Å². The second kappa shape index (κ2) is 8.67. The largest absolute Gasteiger partial charge is 0.349 e. The summed E-state index contributed by atoms with van der Waals surface area (Å²) in [4.78, 5) is 52.4. The molecular formula is C23H22FN3O4. The van der Waals surface area contributed by atoms with Crippen LogP contribution in [0.3, 0.4) is 0 Å². The van der Waals surface area contributed by atoms with Gasteiger partial charge in [-0.1, -0.05) is 18.2 Å². The van der Waals surface area contributed by atoms with Gasteiger partial charge in [0.15, 0.2) is 0 Å². The smallest absolute Gasteiger partial charge is 0.261 e. The van der Waals surface area contributed by atoms with E-state index in [-0.39, 0.29) is 48.2 Å². The molecule has 8 heteroatoms. The van der Waals surface area contributed by atoms with Crippen molar-refractivity contribution in [2.45, 2.75) is 25.3 Å². The van der Waals surface area contributed by atoms with E-state index < -0.39 is 5.82 Å². The summed E-state index contributed by atoms with van der Waals surface area (Å²) in [6.45, 7) is 0.978. The number of imide groups is 1. The van der Waals surface area contributed by atoms with Crippen molar-refractivity contribution < 1.29 is 23.6 Å². The average molecular weight is 423 g/mol. The predicted molar refractivity (Wildman–Crippen MR) is 110 cm³/mol. The maximum absolute atomic E-state index is 13.3. The average Bonchev–Trinajstić information content (AvgIpc) is 3.02. The standard InChI is InChI=1S/C23H22FN3O4/c24-16-5-3-4-15(14-16)21(29)25-17-8-11-26(12-9-17)20(28)10-13-27-22(30)18-6-1-2-7-19(18)23(27)31/h1-7,14,17H,8-13H2,(H,25,29). The zero-order chi connectivity index (χ0) is 22.0. The molecule has 0 spiro atoms. The van der Waals surface area contributed by atoms with Crippen molar-refractivity contribution in [2.24, 2.45) is 0 Å². The Morgan fingerprint density at radius 3 is 2.23 bits per heavy atom. The molecule has 0 aliphatic carbocycles. The van der Waals surface area contributed by atoms with Gasteiger partial charge in [-0.05, 0) is 43.2 Å². The third-order valence-corrected chi connectivity index (χ3v) is 5.70. The number of piperidine rings is 1. The molecule has 4 amide bonds. The normalized spacial score (nSPS) is 16.4. The maximum Gasteiger partial charge on any atom is 0.261 e. The highest BCUT2D eigenvalue weighted by molar-refractivity contribution is 6.21. The molecule has 0 radical (unpaired) electrons. The molecule has 0 unspecified atom stereocenters. The predicted octanol–water partition coefficient (Wildman–Crippen LogP) is 2.23. The van der Waals surface area contributed by atoms with E-state index >= 15 is 0 Å². The van der Waals surface area contributed by atoms with Gasteiger partial charge in [-0.25, -0.2) is 4.39 Å². The Labute approximate surface area is 178 Å². The number of carbonyl (C=O) groups excluding carboxylic acids is 4. The van der Waals surface area contributed by atoms with Gasteiger partial charge in [-0.3, -0.25) is 24.1 Å². The van der Waals surface area contributed by atoms with Crippen LogP contribution < -0.4 is 5.32 Å². The quantitative estimate of drug-likeness (QED) is 0.748. The van der Waals surface area contributed by atoms with Gasteiger partial charge < -0.3 is 10.2 Å². The Hall–Kier alpha value is -3.55. The number of nitrogens with one attached hydrogen (secondary N) is 1. The molecule has 31 heavy (non-hydrogen) atoms. The van der Waals surface area contributed by atoms with Crippen LogP contribution in [0.2, 0.25) is 0 Å². The highest BCUT2D eigenvalue weighted by atomic mass is 19.1. The number of rotatable bonds is 5. The summed E-state index contributed by atoms with van der Waals surface area (Å²) in [5.74, 6) is -1.67. The van der Waals surface area contributed by atoms with E-state index in [4.69, 9.17) is 0 Å². The number of benzene rings is 2. The van der Waals surface area contributed by atoms with E-state index in [1.165, 1.54) is 18.2 Å². The van der Waals surface area contributed by atoms with Crippen LogP contribution in [0.5, 0.6) is 0 Å². The van der Waals surface area contributed by atoms with E-state index in [1.54, 1.807) is 35.2 Å². The molecule has 1 saturated heterocycles. The van der Waals surface area contributed by atoms with Crippen molar-refractivity contribution in [1.29, 1.82) is 0 Å². The Morgan fingerprint density at radius 1 is 0.968 bits per heavy atom. The lowest BCUT2D eigenvalue weighted by molar-refractivity contribution is -0.132. The molecule has 1 fully saturated rings. The van der Waals surface area contributed by atoms with E-state index in [0.717, 1.165) is 4.90 Å². The van der Waals surface area contributed by atoms with Crippen molar-refractivity contribution in [1.82, 2.24) is 15.1 Å². The van der Waals surface area contributed by atoms with Crippen LogP contribution in [0, 0.1) is 5.82 Å². The van der Waals surface area contributed by atoms with Gasteiger partial charge in [0.25, 0.3) is 17.7 Å². The highest BCUT2D eigenvalue weighted by Crippen LogP contribution is 2.23. The van der Waals surface area contributed by atoms with Crippen LogP contribution in [-0.4, -0.2) is 59.1 Å². The topological polar surface area (TPSA) is 86.8 Å². The molecule has 7 nitrogen and oxygen atoms in total. The Bertz CT molecular complexity index is 1010. The maximum atomic E-state index is 13.3. The minimum atomic E-state index is -0.467. The van der Waals surface area contributed by atoms with Crippen LogP contribution in [0.15, 0.2) is 48.5 Å². The van der Waals surface area contributed by atoms with E-state index in [2.05, 4.69) is 5.32 Å². The lowest BCUT2D eigenvalue weighted by Crippen LogP contribution is -2.47. The molecular weight excluding hydrogens is 401 g/mol. The monoisotopic (exact) mass is 423 g/mol. The summed E-state index contributed by atoms with van der Waals surface area (Å²) in [6.07, 6.45) is 1.23. The molecule has 0 bridgehead atoms. The number of nitrogens with zero attached hydrogens (tertiary/aromatic N) is 2. The molecule has 160 valence electrons. The lowest BCUT2D eigenvalue weighted by Gasteiger charge is -2.32. The van der Waals surface area contributed by atoms with Crippen LogP contribution in [0.1, 0.15) is 50.3 Å². The molecule has 1 N–H and O–H groups in total. The number of hydrogen-bond donors (Lipinski definition) is 1. The first-order valence-corrected chi connectivity index (χ1v) is 10.2. The van der Waals surface area contributed by atoms with Gasteiger partial charge in [0.1, 0.15) is 5.82 Å². The van der Waals surface area contributed by atoms with Crippen molar-refractivity contribution in [3.8, 4) is 0 Å². The summed E-state index contributed by atoms with van der Waals surface area (Å²) < 4.78 is 13.3. The third-order valence-electron chi connectivity index (χ3n) is 5.70. The van der Waals surface area contributed by atoms with E-state index in [9.17, 15) is 23.6 Å². The summed E-state index contributed by atoms with van der Waals surface area (Å²) in [6, 6.07) is 12.0. The molecule has 2 heterocycles. The minimum Gasteiger partial charge on any atom is -0.349 e. The van der Waals surface area contributed by atoms with Crippen molar-refractivity contribution in [3.05, 3.63) is 71.0 Å². The van der Waals surface area contributed by atoms with Crippen LogP contribution in [0.4, 0.5) is 4.39 Å². The third kappa shape index (κ3) is 4.33. The molecule has 4 rings (SSSR count). The van der Waals surface area contributed by atoms with Gasteiger partial charge in [0, 0.05) is 37.7 Å². The first-order valence-electron chi connectivity index (χ1n) is 10.2. The Kier molecular flexibility index (Phi) is 5.79. The lowest BCUT2D eigenvalue weighted by atomic mass is 10.0. The molecule has 2 aromatic rings. The fourth-order valence-corrected chi connectivity index (χ4v) is 3.98. The molecule has 0 aromatic heterocycles. The first-order chi connectivity index (χ1) is 14.9. The summed E-state index contributed by atoms with van der Waals surface area (Å²) in [5, 5.41) is 2.88. The molecule has 0 saturated carbocycles. The number of likely N-dealkylation sites (tertiary alicyclic amines) is 1. The number of halogens is 1. The molecule has 2 aromatic carbocycles. The zero-order valence-corrected chi connectivity index (χ0v) is 16.8. The van der Waals surface area contributed by atoms with Crippen LogP contribution in [0.25, 0.3) is 0 Å². The number of hydrogen-bond acceptors (Lipinski definition) is 4. The van der Waals surface area contributed by atoms with Gasteiger partial charge >= 0.3 is 0 Å². The molecule has 2 aliphatic heterocycles. The van der Waals surface area contributed by atoms with E-state index in [0.29, 0.717) is 37.1 Å². The molecule has 2 aliphatic rings.